The fourth-order valence-electron chi connectivity index (χ4n) is 2.70. The van der Waals surface area contributed by atoms with Gasteiger partial charge in [0.1, 0.15) is 0 Å². The summed E-state index contributed by atoms with van der Waals surface area (Å²) in [7, 11) is 0. The Kier molecular flexibility index (Phi) is 5.90. The molecule has 1 saturated carbocycles. The summed E-state index contributed by atoms with van der Waals surface area (Å²) in [5.41, 5.74) is 1.15. The first-order valence-electron chi connectivity index (χ1n) is 7.28. The monoisotopic (exact) mass is 323 g/mol. The van der Waals surface area contributed by atoms with Crippen molar-refractivity contribution in [2.75, 3.05) is 0 Å². The summed E-state index contributed by atoms with van der Waals surface area (Å²) < 4.78 is 1.06. The standard InChI is InChI=1S/C16H22BrNO/c17-15-10-6-7-13(11-15)12-18-16(19)14-8-4-2-1-3-5-9-14/h6-7,10-11,14H,1-5,8-9,12H2,(H,18,19). The van der Waals surface area contributed by atoms with E-state index in [1.807, 2.05) is 18.2 Å². The number of nitrogens with one attached hydrogen (secondary N) is 1. The zero-order valence-corrected chi connectivity index (χ0v) is 12.9. The number of hydrogen-bond acceptors (Lipinski definition) is 1. The third kappa shape index (κ3) is 4.98. The van der Waals surface area contributed by atoms with Gasteiger partial charge in [0, 0.05) is 16.9 Å². The minimum absolute atomic E-state index is 0.229. The van der Waals surface area contributed by atoms with Gasteiger partial charge in [0.15, 0.2) is 0 Å². The maximum absolute atomic E-state index is 12.2. The van der Waals surface area contributed by atoms with Crippen LogP contribution in [0.2, 0.25) is 0 Å². The number of rotatable bonds is 3. The first-order valence-corrected chi connectivity index (χ1v) is 8.07. The van der Waals surface area contributed by atoms with Crippen LogP contribution in [0.25, 0.3) is 0 Å². The minimum atomic E-state index is 0.229. The van der Waals surface area contributed by atoms with Gasteiger partial charge >= 0.3 is 0 Å². The number of carbonyl (C=O) groups is 1. The van der Waals surface area contributed by atoms with E-state index in [9.17, 15) is 4.79 Å². The lowest BCUT2D eigenvalue weighted by Crippen LogP contribution is -2.30. The lowest BCUT2D eigenvalue weighted by Gasteiger charge is -2.19. The van der Waals surface area contributed by atoms with E-state index in [1.54, 1.807) is 0 Å². The quantitative estimate of drug-likeness (QED) is 0.876. The van der Waals surface area contributed by atoms with Crippen molar-refractivity contribution in [1.29, 1.82) is 0 Å². The molecule has 2 nitrogen and oxygen atoms in total. The molecular weight excluding hydrogens is 302 g/mol. The number of hydrogen-bond donors (Lipinski definition) is 1. The van der Waals surface area contributed by atoms with Crippen LogP contribution in [-0.4, -0.2) is 5.91 Å². The predicted molar refractivity (Wildman–Crippen MR) is 81.8 cm³/mol. The van der Waals surface area contributed by atoms with Crippen LogP contribution in [0, 0.1) is 5.92 Å². The van der Waals surface area contributed by atoms with Gasteiger partial charge in [-0.05, 0) is 30.5 Å². The van der Waals surface area contributed by atoms with E-state index in [2.05, 4.69) is 27.3 Å². The number of carbonyl (C=O) groups excluding carboxylic acids is 1. The van der Waals surface area contributed by atoms with Crippen molar-refractivity contribution in [3.8, 4) is 0 Å². The zero-order chi connectivity index (χ0) is 13.5. The molecule has 2 rings (SSSR count). The summed E-state index contributed by atoms with van der Waals surface area (Å²) >= 11 is 3.45. The van der Waals surface area contributed by atoms with Crippen molar-refractivity contribution in [1.82, 2.24) is 5.32 Å². The predicted octanol–water partition coefficient (Wildman–Crippen LogP) is 4.43. The molecule has 0 saturated heterocycles. The summed E-state index contributed by atoms with van der Waals surface area (Å²) in [5, 5.41) is 3.08. The Balaban J connectivity index is 1.82. The molecule has 0 aliphatic heterocycles. The molecule has 1 amide bonds. The molecule has 1 aromatic carbocycles. The van der Waals surface area contributed by atoms with E-state index in [0.717, 1.165) is 22.9 Å². The summed E-state index contributed by atoms with van der Waals surface area (Å²) in [4.78, 5) is 12.2. The van der Waals surface area contributed by atoms with Gasteiger partial charge < -0.3 is 5.32 Å². The Morgan fingerprint density at radius 2 is 1.84 bits per heavy atom. The third-order valence-electron chi connectivity index (χ3n) is 3.83. The van der Waals surface area contributed by atoms with Crippen molar-refractivity contribution >= 4 is 21.8 Å². The molecule has 104 valence electrons. The lowest BCUT2D eigenvalue weighted by molar-refractivity contribution is -0.125. The van der Waals surface area contributed by atoms with E-state index in [-0.39, 0.29) is 11.8 Å². The van der Waals surface area contributed by atoms with Crippen LogP contribution in [0.3, 0.4) is 0 Å². The Labute approximate surface area is 124 Å². The maximum Gasteiger partial charge on any atom is 0.223 e. The molecule has 0 bridgehead atoms. The van der Waals surface area contributed by atoms with E-state index in [0.29, 0.717) is 6.54 Å². The third-order valence-corrected chi connectivity index (χ3v) is 4.32. The average Bonchev–Trinajstić information content (AvgIpc) is 2.36. The average molecular weight is 324 g/mol. The largest absolute Gasteiger partial charge is 0.352 e. The van der Waals surface area contributed by atoms with Crippen LogP contribution in [-0.2, 0) is 11.3 Å². The number of amides is 1. The van der Waals surface area contributed by atoms with Crippen LogP contribution in [0.4, 0.5) is 0 Å². The van der Waals surface area contributed by atoms with Gasteiger partial charge in [-0.25, -0.2) is 0 Å². The molecule has 0 aromatic heterocycles. The highest BCUT2D eigenvalue weighted by atomic mass is 79.9. The topological polar surface area (TPSA) is 29.1 Å². The zero-order valence-electron chi connectivity index (χ0n) is 11.3. The fraction of sp³-hybridized carbons (Fsp3) is 0.562. The second kappa shape index (κ2) is 7.68. The van der Waals surface area contributed by atoms with Crippen LogP contribution >= 0.6 is 15.9 Å². The molecule has 1 aliphatic rings. The fourth-order valence-corrected chi connectivity index (χ4v) is 3.15. The van der Waals surface area contributed by atoms with Crippen LogP contribution in [0.1, 0.15) is 50.5 Å². The first kappa shape index (κ1) is 14.6. The van der Waals surface area contributed by atoms with Gasteiger partial charge in [0.25, 0.3) is 0 Å². The highest BCUT2D eigenvalue weighted by molar-refractivity contribution is 9.10. The van der Waals surface area contributed by atoms with Crippen molar-refractivity contribution in [2.24, 2.45) is 5.92 Å². The van der Waals surface area contributed by atoms with Crippen LogP contribution < -0.4 is 5.32 Å². The summed E-state index contributed by atoms with van der Waals surface area (Å²) in [6, 6.07) is 8.10. The minimum Gasteiger partial charge on any atom is -0.352 e. The molecule has 1 aliphatic carbocycles. The Morgan fingerprint density at radius 1 is 1.16 bits per heavy atom. The normalized spacial score (nSPS) is 17.5. The van der Waals surface area contributed by atoms with Gasteiger partial charge in [0.05, 0.1) is 0 Å². The molecule has 0 spiro atoms. The smallest absolute Gasteiger partial charge is 0.223 e. The second-order valence-electron chi connectivity index (χ2n) is 5.39. The Morgan fingerprint density at radius 3 is 2.53 bits per heavy atom. The highest BCUT2D eigenvalue weighted by Crippen LogP contribution is 2.22. The van der Waals surface area contributed by atoms with Gasteiger partial charge in [0.2, 0.25) is 5.91 Å². The molecule has 0 heterocycles. The number of benzene rings is 1. The first-order chi connectivity index (χ1) is 9.25. The van der Waals surface area contributed by atoms with Gasteiger partial charge in [-0.15, -0.1) is 0 Å². The van der Waals surface area contributed by atoms with Crippen LogP contribution in [0.5, 0.6) is 0 Å². The summed E-state index contributed by atoms with van der Waals surface area (Å²) in [6.07, 6.45) is 8.44. The van der Waals surface area contributed by atoms with Gasteiger partial charge in [-0.3, -0.25) is 4.79 Å². The molecule has 3 heteroatoms. The molecule has 0 unspecified atom stereocenters. The van der Waals surface area contributed by atoms with Gasteiger partial charge in [-0.2, -0.15) is 0 Å². The summed E-state index contributed by atoms with van der Waals surface area (Å²) in [5.74, 6) is 0.467. The number of halogens is 1. The maximum atomic E-state index is 12.2. The molecule has 19 heavy (non-hydrogen) atoms. The van der Waals surface area contributed by atoms with Crippen molar-refractivity contribution in [3.63, 3.8) is 0 Å². The van der Waals surface area contributed by atoms with E-state index in [1.165, 1.54) is 32.1 Å². The summed E-state index contributed by atoms with van der Waals surface area (Å²) in [6.45, 7) is 0.634. The van der Waals surface area contributed by atoms with E-state index < -0.39 is 0 Å². The molecule has 1 aromatic rings. The van der Waals surface area contributed by atoms with Crippen molar-refractivity contribution in [2.45, 2.75) is 51.5 Å². The molecule has 1 fully saturated rings. The molecular formula is C16H22BrNO. The Bertz CT molecular complexity index is 411. The van der Waals surface area contributed by atoms with Crippen molar-refractivity contribution in [3.05, 3.63) is 34.3 Å². The second-order valence-corrected chi connectivity index (χ2v) is 6.31. The SMILES string of the molecule is O=C(NCc1cccc(Br)c1)C1CCCCCCC1. The van der Waals surface area contributed by atoms with E-state index >= 15 is 0 Å². The highest BCUT2D eigenvalue weighted by Gasteiger charge is 2.18. The molecule has 1 N–H and O–H groups in total. The van der Waals surface area contributed by atoms with Gasteiger partial charge in [-0.1, -0.05) is 60.2 Å². The van der Waals surface area contributed by atoms with E-state index in [4.69, 9.17) is 0 Å². The Hall–Kier alpha value is -0.830. The lowest BCUT2D eigenvalue weighted by atomic mass is 9.90. The van der Waals surface area contributed by atoms with Crippen LogP contribution in [0.15, 0.2) is 28.7 Å². The molecule has 0 atom stereocenters. The van der Waals surface area contributed by atoms with Crippen molar-refractivity contribution < 1.29 is 4.79 Å². The molecule has 0 radical (unpaired) electrons.